The first-order chi connectivity index (χ1) is 8.15. The Hall–Kier alpha value is -1.15. The molecule has 0 aliphatic rings. The lowest BCUT2D eigenvalue weighted by atomic mass is 10.1. The first kappa shape index (κ1) is 16.9. The van der Waals surface area contributed by atoms with Gasteiger partial charge in [0.25, 0.3) is 0 Å². The van der Waals surface area contributed by atoms with Crippen molar-refractivity contribution in [2.75, 3.05) is 18.6 Å². The molecule has 0 fully saturated rings. The van der Waals surface area contributed by atoms with E-state index in [0.29, 0.717) is 6.54 Å². The van der Waals surface area contributed by atoms with Crippen molar-refractivity contribution in [2.45, 2.75) is 25.8 Å². The summed E-state index contributed by atoms with van der Waals surface area (Å²) in [5, 5.41) is 11.2. The molecule has 0 heterocycles. The lowest BCUT2D eigenvalue weighted by molar-refractivity contribution is -0.142. The number of nitrogens with two attached hydrogens (primary N) is 1. The summed E-state index contributed by atoms with van der Waals surface area (Å²) in [6, 6.07) is -1.18. The lowest BCUT2D eigenvalue weighted by Crippen LogP contribution is -2.42. The second-order valence-electron chi connectivity index (χ2n) is 4.42. The van der Waals surface area contributed by atoms with Crippen molar-refractivity contribution in [1.82, 2.24) is 5.32 Å². The average molecular weight is 280 g/mol. The molecule has 0 saturated carbocycles. The number of aliphatic carboxylic acids is 1. The molecule has 7 nitrogen and oxygen atoms in total. The first-order valence-electron chi connectivity index (χ1n) is 5.55. The van der Waals surface area contributed by atoms with Gasteiger partial charge in [-0.1, -0.05) is 6.92 Å². The SMILES string of the molecule is CC(CN)CC(=O)NC(CCS(C)(=O)=O)C(=O)O. The zero-order chi connectivity index (χ0) is 14.3. The Morgan fingerprint density at radius 3 is 2.33 bits per heavy atom. The third-order valence-corrected chi connectivity index (χ3v) is 3.32. The van der Waals surface area contributed by atoms with Crippen molar-refractivity contribution in [1.29, 1.82) is 0 Å². The Bertz CT molecular complexity index is 393. The molecular formula is C10H20N2O5S. The molecule has 0 saturated heterocycles. The zero-order valence-corrected chi connectivity index (χ0v) is 11.4. The maximum atomic E-state index is 11.5. The Balaban J connectivity index is 4.36. The zero-order valence-electron chi connectivity index (χ0n) is 10.5. The van der Waals surface area contributed by atoms with Crippen molar-refractivity contribution in [3.63, 3.8) is 0 Å². The van der Waals surface area contributed by atoms with E-state index >= 15 is 0 Å². The Labute approximate surface area is 107 Å². The van der Waals surface area contributed by atoms with E-state index in [-0.39, 0.29) is 24.5 Å². The standard InChI is InChI=1S/C10H20N2O5S/c1-7(6-11)5-9(13)12-8(10(14)15)3-4-18(2,16)17/h7-8H,3-6,11H2,1-2H3,(H,12,13)(H,14,15). The van der Waals surface area contributed by atoms with Gasteiger partial charge in [0.2, 0.25) is 5.91 Å². The van der Waals surface area contributed by atoms with Crippen molar-refractivity contribution >= 4 is 21.7 Å². The summed E-state index contributed by atoms with van der Waals surface area (Å²) in [6.45, 7) is 2.10. The smallest absolute Gasteiger partial charge is 0.326 e. The maximum Gasteiger partial charge on any atom is 0.326 e. The van der Waals surface area contributed by atoms with Crippen LogP contribution in [0.15, 0.2) is 0 Å². The number of sulfone groups is 1. The number of hydrogen-bond acceptors (Lipinski definition) is 5. The van der Waals surface area contributed by atoms with Gasteiger partial charge >= 0.3 is 5.97 Å². The van der Waals surface area contributed by atoms with Crippen LogP contribution in [0.2, 0.25) is 0 Å². The predicted octanol–water partition coefficient (Wildman–Crippen LogP) is -1.02. The largest absolute Gasteiger partial charge is 0.480 e. The molecular weight excluding hydrogens is 260 g/mol. The minimum Gasteiger partial charge on any atom is -0.480 e. The van der Waals surface area contributed by atoms with Gasteiger partial charge in [0, 0.05) is 12.7 Å². The molecule has 1 amide bonds. The fraction of sp³-hybridized carbons (Fsp3) is 0.800. The number of amides is 1. The second-order valence-corrected chi connectivity index (χ2v) is 6.68. The molecule has 0 aliphatic heterocycles. The number of carbonyl (C=O) groups excluding carboxylic acids is 1. The van der Waals surface area contributed by atoms with Gasteiger partial charge in [-0.05, 0) is 18.9 Å². The highest BCUT2D eigenvalue weighted by Gasteiger charge is 2.22. The van der Waals surface area contributed by atoms with Crippen molar-refractivity contribution in [2.24, 2.45) is 11.7 Å². The van der Waals surface area contributed by atoms with Crippen LogP contribution in [-0.2, 0) is 19.4 Å². The van der Waals surface area contributed by atoms with Crippen LogP contribution in [0.1, 0.15) is 19.8 Å². The third-order valence-electron chi connectivity index (χ3n) is 2.35. The van der Waals surface area contributed by atoms with E-state index in [0.717, 1.165) is 6.26 Å². The van der Waals surface area contributed by atoms with Crippen molar-refractivity contribution in [3.05, 3.63) is 0 Å². The summed E-state index contributed by atoms with van der Waals surface area (Å²) >= 11 is 0. The van der Waals surface area contributed by atoms with Crippen molar-refractivity contribution in [3.8, 4) is 0 Å². The van der Waals surface area contributed by atoms with E-state index in [9.17, 15) is 18.0 Å². The number of rotatable bonds is 8. The van der Waals surface area contributed by atoms with E-state index in [2.05, 4.69) is 5.32 Å². The van der Waals surface area contributed by atoms with E-state index in [1.807, 2.05) is 0 Å². The fourth-order valence-electron chi connectivity index (χ4n) is 1.24. The normalized spacial score (nSPS) is 14.8. The summed E-state index contributed by atoms with van der Waals surface area (Å²) in [7, 11) is -3.25. The summed E-state index contributed by atoms with van der Waals surface area (Å²) in [5.41, 5.74) is 5.35. The van der Waals surface area contributed by atoms with E-state index in [4.69, 9.17) is 10.8 Å². The highest BCUT2D eigenvalue weighted by atomic mass is 32.2. The van der Waals surface area contributed by atoms with Gasteiger partial charge in [-0.25, -0.2) is 13.2 Å². The Morgan fingerprint density at radius 1 is 1.39 bits per heavy atom. The number of carboxylic acid groups (broad SMARTS) is 1. The molecule has 0 aliphatic carbocycles. The first-order valence-corrected chi connectivity index (χ1v) is 7.61. The number of hydrogen-bond donors (Lipinski definition) is 3. The van der Waals surface area contributed by atoms with Gasteiger partial charge in [0.05, 0.1) is 5.75 Å². The third kappa shape index (κ3) is 8.02. The second kappa shape index (κ2) is 7.32. The van der Waals surface area contributed by atoms with Crippen LogP contribution in [0.25, 0.3) is 0 Å². The predicted molar refractivity (Wildman–Crippen MR) is 66.7 cm³/mol. The number of nitrogens with one attached hydrogen (secondary N) is 1. The van der Waals surface area contributed by atoms with E-state index in [1.54, 1.807) is 6.92 Å². The van der Waals surface area contributed by atoms with E-state index < -0.39 is 27.8 Å². The minimum atomic E-state index is -3.25. The summed E-state index contributed by atoms with van der Waals surface area (Å²) in [5.74, 6) is -2.01. The number of carboxylic acids is 1. The van der Waals surface area contributed by atoms with Crippen LogP contribution in [0.5, 0.6) is 0 Å². The van der Waals surface area contributed by atoms with Gasteiger partial charge in [-0.3, -0.25) is 4.79 Å². The molecule has 106 valence electrons. The lowest BCUT2D eigenvalue weighted by Gasteiger charge is -2.15. The highest BCUT2D eigenvalue weighted by Crippen LogP contribution is 2.02. The summed E-state index contributed by atoms with van der Waals surface area (Å²) in [6.07, 6.45) is 1.00. The van der Waals surface area contributed by atoms with Crippen LogP contribution in [-0.4, -0.2) is 50.0 Å². The number of carbonyl (C=O) groups is 2. The molecule has 2 unspecified atom stereocenters. The molecule has 0 aromatic heterocycles. The fourth-order valence-corrected chi connectivity index (χ4v) is 1.91. The topological polar surface area (TPSA) is 127 Å². The highest BCUT2D eigenvalue weighted by molar-refractivity contribution is 7.90. The molecule has 8 heteroatoms. The molecule has 0 aromatic rings. The van der Waals surface area contributed by atoms with Gasteiger partial charge in [-0.2, -0.15) is 0 Å². The molecule has 0 rings (SSSR count). The quantitative estimate of drug-likeness (QED) is 0.522. The van der Waals surface area contributed by atoms with Crippen LogP contribution in [0.3, 0.4) is 0 Å². The monoisotopic (exact) mass is 280 g/mol. The van der Waals surface area contributed by atoms with Crippen LogP contribution in [0, 0.1) is 5.92 Å². The molecule has 0 aromatic carbocycles. The van der Waals surface area contributed by atoms with Gasteiger partial charge < -0.3 is 16.2 Å². The van der Waals surface area contributed by atoms with Gasteiger partial charge in [0.1, 0.15) is 15.9 Å². The van der Waals surface area contributed by atoms with Crippen LogP contribution >= 0.6 is 0 Å². The van der Waals surface area contributed by atoms with Gasteiger partial charge in [0.15, 0.2) is 0 Å². The summed E-state index contributed by atoms with van der Waals surface area (Å²) in [4.78, 5) is 22.3. The van der Waals surface area contributed by atoms with Crippen LogP contribution < -0.4 is 11.1 Å². The Kier molecular flexibility index (Phi) is 6.85. The van der Waals surface area contributed by atoms with Crippen LogP contribution in [0.4, 0.5) is 0 Å². The Morgan fingerprint density at radius 2 is 1.94 bits per heavy atom. The maximum absolute atomic E-state index is 11.5. The average Bonchev–Trinajstić information content (AvgIpc) is 2.22. The van der Waals surface area contributed by atoms with Crippen molar-refractivity contribution < 1.29 is 23.1 Å². The minimum absolute atomic E-state index is 0.0469. The molecule has 0 spiro atoms. The molecule has 4 N–H and O–H groups in total. The van der Waals surface area contributed by atoms with Gasteiger partial charge in [-0.15, -0.1) is 0 Å². The molecule has 0 radical (unpaired) electrons. The summed E-state index contributed by atoms with van der Waals surface area (Å²) < 4.78 is 21.9. The van der Waals surface area contributed by atoms with E-state index in [1.165, 1.54) is 0 Å². The molecule has 18 heavy (non-hydrogen) atoms. The molecule has 0 bridgehead atoms. The molecule has 2 atom stereocenters.